The predicted octanol–water partition coefficient (Wildman–Crippen LogP) is 2.29. The maximum Gasteiger partial charge on any atom is 0.252 e. The van der Waals surface area contributed by atoms with Gasteiger partial charge in [0.25, 0.3) is 5.91 Å². The summed E-state index contributed by atoms with van der Waals surface area (Å²) in [7, 11) is 0. The molecule has 2 aliphatic heterocycles. The van der Waals surface area contributed by atoms with Crippen molar-refractivity contribution in [3.05, 3.63) is 34.8 Å². The minimum atomic E-state index is 0.0177. The number of carbonyl (C=O) groups is 1. The summed E-state index contributed by atoms with van der Waals surface area (Å²) in [6, 6.07) is 4.25. The van der Waals surface area contributed by atoms with Crippen molar-refractivity contribution in [1.29, 1.82) is 0 Å². The van der Waals surface area contributed by atoms with Crippen LogP contribution in [-0.4, -0.2) is 59.3 Å². The van der Waals surface area contributed by atoms with Crippen LogP contribution < -0.4 is 15.1 Å². The summed E-state index contributed by atoms with van der Waals surface area (Å²) in [6.07, 6.45) is 6.72. The van der Waals surface area contributed by atoms with Crippen LogP contribution >= 0.6 is 11.3 Å². The molecule has 7 nitrogen and oxygen atoms in total. The van der Waals surface area contributed by atoms with E-state index in [-0.39, 0.29) is 24.6 Å². The van der Waals surface area contributed by atoms with E-state index < -0.39 is 0 Å². The van der Waals surface area contributed by atoms with Gasteiger partial charge in [0.05, 0.1) is 12.6 Å². The van der Waals surface area contributed by atoms with Crippen LogP contribution in [0, 0.1) is 0 Å². The van der Waals surface area contributed by atoms with E-state index in [1.54, 1.807) is 6.33 Å². The van der Waals surface area contributed by atoms with Crippen molar-refractivity contribution >= 4 is 28.9 Å². The number of thiophene rings is 1. The maximum absolute atomic E-state index is 12.2. The van der Waals surface area contributed by atoms with Crippen molar-refractivity contribution in [3.8, 4) is 0 Å². The molecular weight excluding hydrogens is 374 g/mol. The Balaban J connectivity index is 1.36. The number of aliphatic hydroxyl groups excluding tert-OH is 1. The molecule has 0 saturated carbocycles. The first-order chi connectivity index (χ1) is 13.7. The fraction of sp³-hybridized carbons (Fsp3) is 0.550. The maximum atomic E-state index is 12.2. The molecule has 4 rings (SSSR count). The Morgan fingerprint density at radius 2 is 2.00 bits per heavy atom. The second-order valence-corrected chi connectivity index (χ2v) is 8.29. The normalized spacial score (nSPS) is 21.0. The Labute approximate surface area is 169 Å². The van der Waals surface area contributed by atoms with Gasteiger partial charge in [0, 0.05) is 42.7 Å². The van der Waals surface area contributed by atoms with Crippen LogP contribution in [0.2, 0.25) is 0 Å². The van der Waals surface area contributed by atoms with Gasteiger partial charge in [-0.15, -0.1) is 0 Å². The molecule has 0 aliphatic carbocycles. The van der Waals surface area contributed by atoms with E-state index >= 15 is 0 Å². The van der Waals surface area contributed by atoms with Crippen LogP contribution in [0.1, 0.15) is 42.5 Å². The molecule has 2 fully saturated rings. The zero-order valence-corrected chi connectivity index (χ0v) is 16.8. The number of hydrogen-bond acceptors (Lipinski definition) is 7. The molecular formula is C20H27N5O2S. The number of carbonyl (C=O) groups excluding carboxylic acids is 1. The number of nitrogens with one attached hydrogen (secondary N) is 1. The smallest absolute Gasteiger partial charge is 0.252 e. The van der Waals surface area contributed by atoms with Crippen LogP contribution in [0.25, 0.3) is 0 Å². The second-order valence-electron chi connectivity index (χ2n) is 7.51. The lowest BCUT2D eigenvalue weighted by molar-refractivity contribution is 0.0931. The largest absolute Gasteiger partial charge is 0.394 e. The summed E-state index contributed by atoms with van der Waals surface area (Å²) in [5.41, 5.74) is 0.743. The fourth-order valence-corrected chi connectivity index (χ4v) is 4.71. The first-order valence-electron chi connectivity index (χ1n) is 10.0. The quantitative estimate of drug-likeness (QED) is 0.800. The zero-order valence-electron chi connectivity index (χ0n) is 16.0. The van der Waals surface area contributed by atoms with E-state index in [2.05, 4.69) is 25.1 Å². The average molecular weight is 402 g/mol. The molecule has 2 aliphatic rings. The highest BCUT2D eigenvalue weighted by atomic mass is 32.1. The van der Waals surface area contributed by atoms with Crippen molar-refractivity contribution in [2.45, 2.75) is 44.2 Å². The molecule has 8 heteroatoms. The number of rotatable bonds is 5. The van der Waals surface area contributed by atoms with E-state index in [4.69, 9.17) is 0 Å². The Hall–Kier alpha value is -2.19. The van der Waals surface area contributed by atoms with E-state index in [0.717, 1.165) is 68.9 Å². The van der Waals surface area contributed by atoms with Gasteiger partial charge in [-0.05, 0) is 43.6 Å². The number of anilines is 2. The van der Waals surface area contributed by atoms with Crippen LogP contribution in [-0.2, 0) is 0 Å². The minimum absolute atomic E-state index is 0.0177. The fourth-order valence-electron chi connectivity index (χ4n) is 4.07. The topological polar surface area (TPSA) is 81.6 Å². The van der Waals surface area contributed by atoms with E-state index in [9.17, 15) is 9.90 Å². The Morgan fingerprint density at radius 3 is 2.75 bits per heavy atom. The number of amides is 1. The lowest BCUT2D eigenvalue weighted by atomic mass is 10.0. The summed E-state index contributed by atoms with van der Waals surface area (Å²) in [4.78, 5) is 25.6. The molecule has 2 aromatic heterocycles. The lowest BCUT2D eigenvalue weighted by Crippen LogP contribution is -2.45. The molecule has 4 heterocycles. The van der Waals surface area contributed by atoms with Crippen LogP contribution in [0.3, 0.4) is 0 Å². The molecule has 1 atom stereocenters. The van der Waals surface area contributed by atoms with Gasteiger partial charge >= 0.3 is 0 Å². The van der Waals surface area contributed by atoms with Gasteiger partial charge in [-0.2, -0.15) is 11.3 Å². The molecule has 150 valence electrons. The molecule has 28 heavy (non-hydrogen) atoms. The highest BCUT2D eigenvalue weighted by molar-refractivity contribution is 7.08. The molecule has 0 radical (unpaired) electrons. The van der Waals surface area contributed by atoms with Gasteiger partial charge < -0.3 is 20.2 Å². The molecule has 0 bridgehead atoms. The van der Waals surface area contributed by atoms with Crippen molar-refractivity contribution in [2.75, 3.05) is 36.0 Å². The SMILES string of the molecule is O=C(NC1CCN(c2cc(N3CCCCC3CO)ncn2)CC1)c1ccsc1. The van der Waals surface area contributed by atoms with Crippen LogP contribution in [0.4, 0.5) is 11.6 Å². The van der Waals surface area contributed by atoms with Gasteiger partial charge in [-0.25, -0.2) is 9.97 Å². The van der Waals surface area contributed by atoms with E-state index in [0.29, 0.717) is 0 Å². The zero-order chi connectivity index (χ0) is 19.3. The van der Waals surface area contributed by atoms with Gasteiger partial charge in [0.15, 0.2) is 0 Å². The molecule has 2 saturated heterocycles. The molecule has 1 unspecified atom stereocenters. The number of aromatic nitrogens is 2. The van der Waals surface area contributed by atoms with E-state index in [1.807, 2.05) is 22.9 Å². The lowest BCUT2D eigenvalue weighted by Gasteiger charge is -2.37. The Kier molecular flexibility index (Phi) is 6.07. The Bertz CT molecular complexity index is 777. The summed E-state index contributed by atoms with van der Waals surface area (Å²) < 4.78 is 0. The van der Waals surface area contributed by atoms with Crippen molar-refractivity contribution in [2.24, 2.45) is 0 Å². The third kappa shape index (κ3) is 4.28. The van der Waals surface area contributed by atoms with Gasteiger partial charge in [0.1, 0.15) is 18.0 Å². The minimum Gasteiger partial charge on any atom is -0.394 e. The van der Waals surface area contributed by atoms with Gasteiger partial charge in [-0.3, -0.25) is 4.79 Å². The van der Waals surface area contributed by atoms with Crippen molar-refractivity contribution < 1.29 is 9.90 Å². The molecule has 2 aromatic rings. The standard InChI is InChI=1S/C20H27N5O2S/c26-12-17-3-1-2-7-25(17)19-11-18(21-14-22-19)24-8-4-16(5-9-24)23-20(27)15-6-10-28-13-15/h6,10-11,13-14,16-17,26H,1-5,7-9,12H2,(H,23,27). The van der Waals surface area contributed by atoms with Crippen molar-refractivity contribution in [3.63, 3.8) is 0 Å². The molecule has 1 amide bonds. The first-order valence-corrected chi connectivity index (χ1v) is 11.0. The third-order valence-electron chi connectivity index (χ3n) is 5.71. The first kappa shape index (κ1) is 19.1. The number of piperidine rings is 2. The number of hydrogen-bond donors (Lipinski definition) is 2. The molecule has 0 spiro atoms. The van der Waals surface area contributed by atoms with Crippen LogP contribution in [0.15, 0.2) is 29.2 Å². The van der Waals surface area contributed by atoms with Crippen LogP contribution in [0.5, 0.6) is 0 Å². The summed E-state index contributed by atoms with van der Waals surface area (Å²) in [5, 5.41) is 16.6. The molecule has 2 N–H and O–H groups in total. The summed E-state index contributed by atoms with van der Waals surface area (Å²) in [6.45, 7) is 2.80. The highest BCUT2D eigenvalue weighted by Gasteiger charge is 2.25. The summed E-state index contributed by atoms with van der Waals surface area (Å²) >= 11 is 1.54. The third-order valence-corrected chi connectivity index (χ3v) is 6.39. The van der Waals surface area contributed by atoms with E-state index in [1.165, 1.54) is 11.3 Å². The second kappa shape index (κ2) is 8.87. The number of nitrogens with zero attached hydrogens (tertiary/aromatic N) is 4. The number of aliphatic hydroxyl groups is 1. The average Bonchev–Trinajstić information content (AvgIpc) is 3.29. The highest BCUT2D eigenvalue weighted by Crippen LogP contribution is 2.26. The summed E-state index contributed by atoms with van der Waals surface area (Å²) in [5.74, 6) is 1.84. The monoisotopic (exact) mass is 401 g/mol. The van der Waals surface area contributed by atoms with Gasteiger partial charge in [0.2, 0.25) is 0 Å². The van der Waals surface area contributed by atoms with Crippen molar-refractivity contribution in [1.82, 2.24) is 15.3 Å². The molecule has 0 aromatic carbocycles. The Morgan fingerprint density at radius 1 is 1.18 bits per heavy atom. The predicted molar refractivity (Wildman–Crippen MR) is 111 cm³/mol. The van der Waals surface area contributed by atoms with Gasteiger partial charge in [-0.1, -0.05) is 0 Å².